The quantitative estimate of drug-likeness (QED) is 0.725. The lowest BCUT2D eigenvalue weighted by Crippen LogP contribution is -2.05. The molecule has 0 saturated heterocycles. The van der Waals surface area contributed by atoms with Crippen LogP contribution in [0.25, 0.3) is 0 Å². The summed E-state index contributed by atoms with van der Waals surface area (Å²) in [5, 5.41) is 0.874. The zero-order valence-electron chi connectivity index (χ0n) is 10.8. The van der Waals surface area contributed by atoms with Crippen LogP contribution in [0.4, 0.5) is 0 Å². The molecule has 0 aliphatic carbocycles. The Morgan fingerprint density at radius 1 is 1.00 bits per heavy atom. The fourth-order valence-electron chi connectivity index (χ4n) is 1.94. The van der Waals surface area contributed by atoms with Gasteiger partial charge in [-0.05, 0) is 43.2 Å². The van der Waals surface area contributed by atoms with E-state index in [0.717, 1.165) is 16.7 Å². The summed E-state index contributed by atoms with van der Waals surface area (Å²) in [5.41, 5.74) is 3.92. The van der Waals surface area contributed by atoms with Crippen molar-refractivity contribution in [1.82, 2.24) is 0 Å². The monoisotopic (exact) mass is 292 g/mol. The van der Waals surface area contributed by atoms with Crippen LogP contribution >= 0.6 is 23.2 Å². The molecule has 0 saturated carbocycles. The lowest BCUT2D eigenvalue weighted by atomic mass is 9.98. The van der Waals surface area contributed by atoms with E-state index in [9.17, 15) is 4.79 Å². The molecule has 1 nitrogen and oxygen atoms in total. The van der Waals surface area contributed by atoms with Crippen LogP contribution in [0.15, 0.2) is 36.4 Å². The van der Waals surface area contributed by atoms with E-state index in [4.69, 9.17) is 23.2 Å². The molecule has 0 unspecified atom stereocenters. The first-order chi connectivity index (χ1) is 8.97. The van der Waals surface area contributed by atoms with E-state index in [1.54, 1.807) is 18.2 Å². The Labute approximate surface area is 123 Å². The highest BCUT2D eigenvalue weighted by Crippen LogP contribution is 2.23. The smallest absolute Gasteiger partial charge is 0.167 e. The molecule has 0 heterocycles. The molecule has 0 atom stereocenters. The molecule has 0 aromatic heterocycles. The molecule has 19 heavy (non-hydrogen) atoms. The maximum atomic E-state index is 12.2. The van der Waals surface area contributed by atoms with Crippen molar-refractivity contribution < 1.29 is 4.79 Å². The Hall–Kier alpha value is -1.31. The van der Waals surface area contributed by atoms with Gasteiger partial charge in [0.25, 0.3) is 0 Å². The summed E-state index contributed by atoms with van der Waals surface area (Å²) >= 11 is 11.8. The molecule has 0 radical (unpaired) electrons. The maximum absolute atomic E-state index is 12.2. The minimum Gasteiger partial charge on any atom is -0.294 e. The SMILES string of the molecule is Cc1ccc(C)c(CC(=O)c2ccc(Cl)c(Cl)c2)c1. The molecule has 0 N–H and O–H groups in total. The number of Topliss-reactive ketones (excluding diaryl/α,β-unsaturated/α-hetero) is 1. The topological polar surface area (TPSA) is 17.1 Å². The van der Waals surface area contributed by atoms with E-state index in [1.165, 1.54) is 0 Å². The van der Waals surface area contributed by atoms with Gasteiger partial charge in [0.1, 0.15) is 0 Å². The number of hydrogen-bond acceptors (Lipinski definition) is 1. The third-order valence-corrected chi connectivity index (χ3v) is 3.84. The van der Waals surface area contributed by atoms with Crippen molar-refractivity contribution >= 4 is 29.0 Å². The number of hydrogen-bond donors (Lipinski definition) is 0. The average molecular weight is 293 g/mol. The van der Waals surface area contributed by atoms with Crippen molar-refractivity contribution in [2.45, 2.75) is 20.3 Å². The second-order valence-electron chi connectivity index (χ2n) is 4.66. The Balaban J connectivity index is 2.25. The minimum atomic E-state index is 0.0484. The molecule has 3 heteroatoms. The lowest BCUT2D eigenvalue weighted by molar-refractivity contribution is 0.0993. The molecule has 0 aliphatic rings. The van der Waals surface area contributed by atoms with E-state index in [-0.39, 0.29) is 5.78 Å². The van der Waals surface area contributed by atoms with Gasteiger partial charge in [-0.1, -0.05) is 47.0 Å². The molecule has 0 amide bonds. The number of carbonyl (C=O) groups is 1. The Bertz CT molecular complexity index is 633. The van der Waals surface area contributed by atoms with Crippen LogP contribution < -0.4 is 0 Å². The first kappa shape index (κ1) is 14.1. The van der Waals surface area contributed by atoms with Crippen molar-refractivity contribution in [3.63, 3.8) is 0 Å². The van der Waals surface area contributed by atoms with Crippen LogP contribution in [0, 0.1) is 13.8 Å². The van der Waals surface area contributed by atoms with Gasteiger partial charge in [-0.25, -0.2) is 0 Å². The summed E-state index contributed by atoms with van der Waals surface area (Å²) in [5.74, 6) is 0.0484. The second kappa shape index (κ2) is 5.77. The van der Waals surface area contributed by atoms with Crippen LogP contribution in [0.2, 0.25) is 10.0 Å². The average Bonchev–Trinajstić information content (AvgIpc) is 2.37. The third kappa shape index (κ3) is 3.37. The van der Waals surface area contributed by atoms with Crippen molar-refractivity contribution in [2.24, 2.45) is 0 Å². The largest absolute Gasteiger partial charge is 0.294 e. The molecule has 0 aliphatic heterocycles. The van der Waals surface area contributed by atoms with Crippen LogP contribution in [-0.2, 0) is 6.42 Å². The van der Waals surface area contributed by atoms with E-state index < -0.39 is 0 Å². The standard InChI is InChI=1S/C16H14Cl2O/c1-10-3-4-11(2)13(7-10)9-16(19)12-5-6-14(17)15(18)8-12/h3-8H,9H2,1-2H3. The van der Waals surface area contributed by atoms with Gasteiger partial charge in [-0.3, -0.25) is 4.79 Å². The number of rotatable bonds is 3. The third-order valence-electron chi connectivity index (χ3n) is 3.10. The van der Waals surface area contributed by atoms with Crippen molar-refractivity contribution in [3.8, 4) is 0 Å². The summed E-state index contributed by atoms with van der Waals surface area (Å²) in [6.45, 7) is 4.03. The molecule has 2 rings (SSSR count). The van der Waals surface area contributed by atoms with Crippen LogP contribution in [0.3, 0.4) is 0 Å². The number of benzene rings is 2. The van der Waals surface area contributed by atoms with Gasteiger partial charge in [-0.2, -0.15) is 0 Å². The fourth-order valence-corrected chi connectivity index (χ4v) is 2.23. The fraction of sp³-hybridized carbons (Fsp3) is 0.188. The predicted octanol–water partition coefficient (Wildman–Crippen LogP) is 5.04. The van der Waals surface area contributed by atoms with Gasteiger partial charge < -0.3 is 0 Å². The van der Waals surface area contributed by atoms with E-state index in [2.05, 4.69) is 0 Å². The van der Waals surface area contributed by atoms with Crippen LogP contribution in [0.1, 0.15) is 27.0 Å². The summed E-state index contributed by atoms with van der Waals surface area (Å²) in [4.78, 5) is 12.2. The van der Waals surface area contributed by atoms with Gasteiger partial charge in [0.15, 0.2) is 5.78 Å². The molecule has 0 fully saturated rings. The number of halogens is 2. The molecule has 0 spiro atoms. The number of carbonyl (C=O) groups excluding carboxylic acids is 1. The summed E-state index contributed by atoms with van der Waals surface area (Å²) in [6, 6.07) is 11.1. The maximum Gasteiger partial charge on any atom is 0.167 e. The van der Waals surface area contributed by atoms with Crippen LogP contribution in [-0.4, -0.2) is 5.78 Å². The zero-order chi connectivity index (χ0) is 14.0. The Kier molecular flexibility index (Phi) is 4.28. The van der Waals surface area contributed by atoms with Gasteiger partial charge in [0, 0.05) is 12.0 Å². The minimum absolute atomic E-state index is 0.0484. The molecular weight excluding hydrogens is 279 g/mol. The predicted molar refractivity (Wildman–Crippen MR) is 80.4 cm³/mol. The molecule has 0 bridgehead atoms. The second-order valence-corrected chi connectivity index (χ2v) is 5.47. The zero-order valence-corrected chi connectivity index (χ0v) is 12.3. The summed E-state index contributed by atoms with van der Waals surface area (Å²) in [7, 11) is 0. The van der Waals surface area contributed by atoms with Crippen LogP contribution in [0.5, 0.6) is 0 Å². The molecule has 98 valence electrons. The molecular formula is C16H14Cl2O. The first-order valence-corrected chi connectivity index (χ1v) is 6.77. The highest BCUT2D eigenvalue weighted by Gasteiger charge is 2.10. The first-order valence-electron chi connectivity index (χ1n) is 6.02. The van der Waals surface area contributed by atoms with Gasteiger partial charge in [0.2, 0.25) is 0 Å². The van der Waals surface area contributed by atoms with Gasteiger partial charge in [-0.15, -0.1) is 0 Å². The van der Waals surface area contributed by atoms with Crippen molar-refractivity contribution in [1.29, 1.82) is 0 Å². The molecule has 2 aromatic rings. The van der Waals surface area contributed by atoms with Crippen molar-refractivity contribution in [2.75, 3.05) is 0 Å². The van der Waals surface area contributed by atoms with E-state index >= 15 is 0 Å². The molecule has 2 aromatic carbocycles. The summed E-state index contributed by atoms with van der Waals surface area (Å²) in [6.07, 6.45) is 0.380. The van der Waals surface area contributed by atoms with E-state index in [1.807, 2.05) is 32.0 Å². The Morgan fingerprint density at radius 2 is 1.74 bits per heavy atom. The normalized spacial score (nSPS) is 10.5. The number of ketones is 1. The summed E-state index contributed by atoms with van der Waals surface area (Å²) < 4.78 is 0. The van der Waals surface area contributed by atoms with Crippen molar-refractivity contribution in [3.05, 3.63) is 68.7 Å². The Morgan fingerprint density at radius 3 is 2.42 bits per heavy atom. The van der Waals surface area contributed by atoms with E-state index in [0.29, 0.717) is 22.0 Å². The lowest BCUT2D eigenvalue weighted by Gasteiger charge is -2.07. The van der Waals surface area contributed by atoms with Gasteiger partial charge >= 0.3 is 0 Å². The highest BCUT2D eigenvalue weighted by atomic mass is 35.5. The van der Waals surface area contributed by atoms with Gasteiger partial charge in [0.05, 0.1) is 10.0 Å². The number of aryl methyl sites for hydroxylation is 2. The highest BCUT2D eigenvalue weighted by molar-refractivity contribution is 6.42.